The van der Waals surface area contributed by atoms with E-state index in [9.17, 15) is 31.1 Å². The van der Waals surface area contributed by atoms with Gasteiger partial charge in [0, 0.05) is 17.6 Å². The van der Waals surface area contributed by atoms with Crippen molar-refractivity contribution in [3.05, 3.63) is 23.0 Å². The number of hydrogen-bond donors (Lipinski definition) is 0. The summed E-state index contributed by atoms with van der Waals surface area (Å²) in [6.45, 7) is 0. The summed E-state index contributed by atoms with van der Waals surface area (Å²) in [6, 6.07) is 0. The molecule has 124 valence electrons. The molecule has 0 spiro atoms. The van der Waals surface area contributed by atoms with Gasteiger partial charge in [-0.25, -0.2) is 0 Å². The molecule has 1 aromatic rings. The molecule has 0 aliphatic rings. The molecule has 0 aliphatic carbocycles. The molecule has 0 bridgehead atoms. The Morgan fingerprint density at radius 1 is 1.27 bits per heavy atom. The number of nitrogens with zero attached hydrogens (tertiary/aromatic N) is 1. The third kappa shape index (κ3) is 4.65. The van der Waals surface area contributed by atoms with Crippen LogP contribution in [0.4, 0.5) is 26.3 Å². The first-order chi connectivity index (χ1) is 9.99. The minimum Gasteiger partial charge on any atom is -0.469 e. The van der Waals surface area contributed by atoms with Crippen LogP contribution in [0.15, 0.2) is 6.20 Å². The molecular weight excluding hydrogens is 344 g/mol. The van der Waals surface area contributed by atoms with Gasteiger partial charge in [0.2, 0.25) is 0 Å². The first-order valence-corrected chi connectivity index (χ1v) is 5.99. The molecule has 0 amide bonds. The highest BCUT2D eigenvalue weighted by Crippen LogP contribution is 2.42. The smallest absolute Gasteiger partial charge is 0.469 e. The minimum absolute atomic E-state index is 0.636. The number of alkyl halides is 7. The van der Waals surface area contributed by atoms with Crippen molar-refractivity contribution in [3.8, 4) is 5.75 Å². The van der Waals surface area contributed by atoms with Crippen molar-refractivity contribution in [2.45, 2.75) is 24.8 Å². The number of carbonyl (C=O) groups is 1. The van der Waals surface area contributed by atoms with Gasteiger partial charge in [-0.15, -0.1) is 24.8 Å². The number of esters is 1. The molecule has 0 N–H and O–H groups in total. The third-order valence-corrected chi connectivity index (χ3v) is 2.66. The van der Waals surface area contributed by atoms with Gasteiger partial charge in [0.05, 0.1) is 19.2 Å². The quantitative estimate of drug-likeness (QED) is 0.473. The molecule has 1 rings (SSSR count). The monoisotopic (exact) mass is 351 g/mol. The summed E-state index contributed by atoms with van der Waals surface area (Å²) in [5.74, 6) is -3.43. The van der Waals surface area contributed by atoms with E-state index in [0.717, 1.165) is 7.11 Å². The largest absolute Gasteiger partial charge is 0.573 e. The van der Waals surface area contributed by atoms with E-state index in [-0.39, 0.29) is 0 Å². The fourth-order valence-electron chi connectivity index (χ4n) is 1.54. The van der Waals surface area contributed by atoms with Crippen LogP contribution in [-0.4, -0.2) is 24.4 Å². The Labute approximate surface area is 125 Å². The van der Waals surface area contributed by atoms with Crippen LogP contribution in [0.25, 0.3) is 0 Å². The van der Waals surface area contributed by atoms with E-state index in [0.29, 0.717) is 6.20 Å². The molecular formula is C11H8ClF6NO3. The number of rotatable bonds is 4. The lowest BCUT2D eigenvalue weighted by Crippen LogP contribution is -2.24. The first kappa shape index (κ1) is 18.3. The number of ether oxygens (including phenoxy) is 2. The van der Waals surface area contributed by atoms with Crippen LogP contribution in [0.5, 0.6) is 5.75 Å². The lowest BCUT2D eigenvalue weighted by atomic mass is 10.1. The Kier molecular flexibility index (Phi) is 5.49. The topological polar surface area (TPSA) is 48.4 Å². The van der Waals surface area contributed by atoms with Crippen molar-refractivity contribution in [2.75, 3.05) is 7.11 Å². The summed E-state index contributed by atoms with van der Waals surface area (Å²) in [6.07, 6.45) is -10.9. The summed E-state index contributed by atoms with van der Waals surface area (Å²) >= 11 is 5.30. The number of halogens is 7. The van der Waals surface area contributed by atoms with Crippen LogP contribution < -0.4 is 4.74 Å². The molecule has 0 saturated carbocycles. The fraction of sp³-hybridized carbons (Fsp3) is 0.455. The van der Waals surface area contributed by atoms with Crippen LogP contribution in [-0.2, 0) is 28.0 Å². The van der Waals surface area contributed by atoms with Crippen molar-refractivity contribution in [1.29, 1.82) is 0 Å². The average Bonchev–Trinajstić information content (AvgIpc) is 2.36. The van der Waals surface area contributed by atoms with Gasteiger partial charge >= 0.3 is 18.5 Å². The minimum atomic E-state index is -5.41. The summed E-state index contributed by atoms with van der Waals surface area (Å²) in [5, 5.41) is 0. The summed E-state index contributed by atoms with van der Waals surface area (Å²) in [7, 11) is 0.921. The molecule has 0 aromatic carbocycles. The van der Waals surface area contributed by atoms with Crippen LogP contribution >= 0.6 is 11.6 Å². The summed E-state index contributed by atoms with van der Waals surface area (Å²) < 4.78 is 83.8. The maximum atomic E-state index is 13.0. The number of aromatic nitrogens is 1. The predicted octanol–water partition coefficient (Wildman–Crippen LogP) is 3.45. The van der Waals surface area contributed by atoms with E-state index in [1.165, 1.54) is 0 Å². The summed E-state index contributed by atoms with van der Waals surface area (Å²) in [4.78, 5) is 14.5. The Balaban J connectivity index is 3.54. The Morgan fingerprint density at radius 3 is 2.27 bits per heavy atom. The van der Waals surface area contributed by atoms with Gasteiger partial charge < -0.3 is 9.47 Å². The maximum Gasteiger partial charge on any atom is 0.573 e. The van der Waals surface area contributed by atoms with E-state index in [1.807, 2.05) is 0 Å². The van der Waals surface area contributed by atoms with Crippen molar-refractivity contribution < 1.29 is 40.6 Å². The van der Waals surface area contributed by atoms with Gasteiger partial charge in [0.15, 0.2) is 5.75 Å². The van der Waals surface area contributed by atoms with Gasteiger partial charge in [0.1, 0.15) is 5.56 Å². The lowest BCUT2D eigenvalue weighted by Gasteiger charge is -2.20. The highest BCUT2D eigenvalue weighted by Gasteiger charge is 2.43. The van der Waals surface area contributed by atoms with Gasteiger partial charge in [-0.3, -0.25) is 9.78 Å². The standard InChI is InChI=1S/C11H8ClF6NO3/c1-21-7(20)2-6-9(22-11(16,17)18)8(10(13,14)15)5(3-12)4-19-6/h4H,2-3H2,1H3. The van der Waals surface area contributed by atoms with E-state index >= 15 is 0 Å². The Hall–Kier alpha value is -1.71. The number of methoxy groups -OCH3 is 1. The molecule has 0 fully saturated rings. The van der Waals surface area contributed by atoms with E-state index < -0.39 is 53.4 Å². The maximum absolute atomic E-state index is 13.0. The highest BCUT2D eigenvalue weighted by atomic mass is 35.5. The highest BCUT2D eigenvalue weighted by molar-refractivity contribution is 6.17. The number of carbonyl (C=O) groups excluding carboxylic acids is 1. The van der Waals surface area contributed by atoms with Crippen LogP contribution in [0.2, 0.25) is 0 Å². The normalized spacial score (nSPS) is 12.2. The molecule has 0 aliphatic heterocycles. The average molecular weight is 352 g/mol. The Morgan fingerprint density at radius 2 is 1.86 bits per heavy atom. The second-order valence-electron chi connectivity index (χ2n) is 3.87. The van der Waals surface area contributed by atoms with Crippen LogP contribution in [0.3, 0.4) is 0 Å². The second-order valence-corrected chi connectivity index (χ2v) is 4.13. The predicted molar refractivity (Wildman–Crippen MR) is 61.2 cm³/mol. The third-order valence-electron chi connectivity index (χ3n) is 2.37. The van der Waals surface area contributed by atoms with E-state index in [1.54, 1.807) is 0 Å². The zero-order valence-electron chi connectivity index (χ0n) is 10.8. The fourth-order valence-corrected chi connectivity index (χ4v) is 1.74. The molecule has 0 saturated heterocycles. The number of hydrogen-bond acceptors (Lipinski definition) is 4. The molecule has 0 unspecified atom stereocenters. The van der Waals surface area contributed by atoms with E-state index in [2.05, 4.69) is 14.5 Å². The van der Waals surface area contributed by atoms with Crippen LogP contribution in [0, 0.1) is 0 Å². The second kappa shape index (κ2) is 6.59. The van der Waals surface area contributed by atoms with Gasteiger partial charge in [-0.2, -0.15) is 13.2 Å². The van der Waals surface area contributed by atoms with Crippen LogP contribution in [0.1, 0.15) is 16.8 Å². The molecule has 1 heterocycles. The zero-order valence-corrected chi connectivity index (χ0v) is 11.6. The van der Waals surface area contributed by atoms with Crippen molar-refractivity contribution in [3.63, 3.8) is 0 Å². The molecule has 1 aromatic heterocycles. The molecule has 0 radical (unpaired) electrons. The number of pyridine rings is 1. The van der Waals surface area contributed by atoms with E-state index in [4.69, 9.17) is 11.6 Å². The SMILES string of the molecule is COC(=O)Cc1ncc(CCl)c(C(F)(F)F)c1OC(F)(F)F. The Bertz CT molecular complexity index is 558. The van der Waals surface area contributed by atoms with Crippen molar-refractivity contribution in [1.82, 2.24) is 4.98 Å². The molecule has 22 heavy (non-hydrogen) atoms. The zero-order chi connectivity index (χ0) is 17.1. The van der Waals surface area contributed by atoms with Gasteiger partial charge in [-0.1, -0.05) is 0 Å². The van der Waals surface area contributed by atoms with Gasteiger partial charge in [0.25, 0.3) is 0 Å². The van der Waals surface area contributed by atoms with Crippen molar-refractivity contribution >= 4 is 17.6 Å². The van der Waals surface area contributed by atoms with Gasteiger partial charge in [-0.05, 0) is 0 Å². The molecule has 11 heteroatoms. The first-order valence-electron chi connectivity index (χ1n) is 5.46. The summed E-state index contributed by atoms with van der Waals surface area (Å²) in [5.41, 5.74) is -3.29. The van der Waals surface area contributed by atoms with Crippen molar-refractivity contribution in [2.24, 2.45) is 0 Å². The lowest BCUT2D eigenvalue weighted by molar-refractivity contribution is -0.276. The molecule has 0 atom stereocenters. The molecule has 4 nitrogen and oxygen atoms in total.